The Morgan fingerprint density at radius 1 is 1.31 bits per heavy atom. The normalized spacial score (nSPS) is 9.62. The van der Waals surface area contributed by atoms with Gasteiger partial charge in [-0.2, -0.15) is 0 Å². The summed E-state index contributed by atoms with van der Waals surface area (Å²) in [5, 5.41) is 8.57. The number of aliphatic hydroxyl groups is 1. The van der Waals surface area contributed by atoms with Crippen LogP contribution in [0, 0.1) is 0 Å². The Bertz CT molecular complexity index is 301. The van der Waals surface area contributed by atoms with Crippen LogP contribution in [0.3, 0.4) is 0 Å². The Kier molecular flexibility index (Phi) is 3.41. The highest BCUT2D eigenvalue weighted by molar-refractivity contribution is 6.19. The zero-order chi connectivity index (χ0) is 9.68. The Morgan fingerprint density at radius 2 is 1.92 bits per heavy atom. The zero-order valence-electron chi connectivity index (χ0n) is 7.36. The molecule has 0 aliphatic rings. The van der Waals surface area contributed by atoms with Gasteiger partial charge in [0.2, 0.25) is 0 Å². The second-order valence-electron chi connectivity index (χ2n) is 2.74. The van der Waals surface area contributed by atoms with Gasteiger partial charge in [0.1, 0.15) is 0 Å². The molecule has 0 saturated carbocycles. The molecule has 1 aromatic carbocycles. The van der Waals surface area contributed by atoms with Crippen molar-refractivity contribution in [3.63, 3.8) is 0 Å². The number of carbonyl (C=O) groups excluding carboxylic acids is 1. The fraction of sp³-hybridized carbons (Fsp3) is 0.182. The first-order valence-corrected chi connectivity index (χ1v) is 4.14. The molecule has 0 spiro atoms. The topological polar surface area (TPSA) is 37.3 Å². The molecule has 13 heavy (non-hydrogen) atoms. The van der Waals surface area contributed by atoms with Crippen LogP contribution in [0.2, 0.25) is 0 Å². The molecule has 0 bridgehead atoms. The fourth-order valence-corrected chi connectivity index (χ4v) is 1.05. The molecule has 1 N–H and O–H groups in total. The van der Waals surface area contributed by atoms with Crippen molar-refractivity contribution in [1.29, 1.82) is 0 Å². The number of hydrogen-bond acceptors (Lipinski definition) is 2. The third kappa shape index (κ3) is 2.53. The van der Waals surface area contributed by atoms with E-state index in [1.807, 2.05) is 30.3 Å². The SMILES string of the molecule is C=C(C(=O)CCO)c1ccccc1. The summed E-state index contributed by atoms with van der Waals surface area (Å²) in [6, 6.07) is 9.25. The van der Waals surface area contributed by atoms with Gasteiger partial charge in [0.25, 0.3) is 0 Å². The summed E-state index contributed by atoms with van der Waals surface area (Å²) >= 11 is 0. The smallest absolute Gasteiger partial charge is 0.165 e. The van der Waals surface area contributed by atoms with Crippen molar-refractivity contribution in [2.24, 2.45) is 0 Å². The van der Waals surface area contributed by atoms with Gasteiger partial charge >= 0.3 is 0 Å². The molecule has 1 aromatic rings. The largest absolute Gasteiger partial charge is 0.396 e. The Labute approximate surface area is 77.5 Å². The van der Waals surface area contributed by atoms with E-state index < -0.39 is 0 Å². The number of ketones is 1. The van der Waals surface area contributed by atoms with Crippen molar-refractivity contribution in [1.82, 2.24) is 0 Å². The Balaban J connectivity index is 2.74. The van der Waals surface area contributed by atoms with E-state index >= 15 is 0 Å². The lowest BCUT2D eigenvalue weighted by molar-refractivity contribution is -0.114. The molecular formula is C11H12O2. The standard InChI is InChI=1S/C11H12O2/c1-9(11(13)7-8-12)10-5-3-2-4-6-10/h2-6,12H,1,7-8H2. The number of Topliss-reactive ketones (excluding diaryl/α,β-unsaturated/α-hetero) is 1. The van der Waals surface area contributed by atoms with Gasteiger partial charge in [-0.3, -0.25) is 4.79 Å². The van der Waals surface area contributed by atoms with Crippen molar-refractivity contribution in [2.45, 2.75) is 6.42 Å². The molecule has 0 radical (unpaired) electrons. The third-order valence-electron chi connectivity index (χ3n) is 1.80. The van der Waals surface area contributed by atoms with Crippen LogP contribution in [0.1, 0.15) is 12.0 Å². The lowest BCUT2D eigenvalue weighted by Gasteiger charge is -2.02. The van der Waals surface area contributed by atoms with Gasteiger partial charge < -0.3 is 5.11 Å². The van der Waals surface area contributed by atoms with Gasteiger partial charge in [0.15, 0.2) is 5.78 Å². The van der Waals surface area contributed by atoms with E-state index in [1.165, 1.54) is 0 Å². The van der Waals surface area contributed by atoms with Crippen LogP contribution in [0.15, 0.2) is 36.9 Å². The van der Waals surface area contributed by atoms with E-state index in [-0.39, 0.29) is 18.8 Å². The molecule has 1 rings (SSSR count). The molecule has 0 aromatic heterocycles. The number of rotatable bonds is 4. The van der Waals surface area contributed by atoms with Crippen molar-refractivity contribution < 1.29 is 9.90 Å². The molecule has 0 aliphatic heterocycles. The minimum atomic E-state index is -0.120. The maximum Gasteiger partial charge on any atom is 0.165 e. The fourth-order valence-electron chi connectivity index (χ4n) is 1.05. The number of allylic oxidation sites excluding steroid dienone is 1. The highest BCUT2D eigenvalue weighted by Gasteiger charge is 2.07. The Morgan fingerprint density at radius 3 is 2.46 bits per heavy atom. The first-order valence-electron chi connectivity index (χ1n) is 4.14. The highest BCUT2D eigenvalue weighted by atomic mass is 16.3. The van der Waals surface area contributed by atoms with Crippen LogP contribution in [0.25, 0.3) is 5.57 Å². The van der Waals surface area contributed by atoms with Gasteiger partial charge in [0.05, 0.1) is 6.61 Å². The maximum atomic E-state index is 11.3. The quantitative estimate of drug-likeness (QED) is 0.708. The van der Waals surface area contributed by atoms with Gasteiger partial charge in [-0.05, 0) is 5.56 Å². The van der Waals surface area contributed by atoms with Crippen LogP contribution in [0.4, 0.5) is 0 Å². The predicted octanol–water partition coefficient (Wildman–Crippen LogP) is 1.65. The monoisotopic (exact) mass is 176 g/mol. The van der Waals surface area contributed by atoms with E-state index in [0.717, 1.165) is 5.56 Å². The van der Waals surface area contributed by atoms with E-state index in [9.17, 15) is 4.79 Å². The average Bonchev–Trinajstić information content (AvgIpc) is 2.18. The van der Waals surface area contributed by atoms with Gasteiger partial charge in [-0.1, -0.05) is 36.9 Å². The number of hydrogen-bond donors (Lipinski definition) is 1. The van der Waals surface area contributed by atoms with E-state index in [4.69, 9.17) is 5.11 Å². The highest BCUT2D eigenvalue weighted by Crippen LogP contribution is 2.13. The van der Waals surface area contributed by atoms with Crippen molar-refractivity contribution in [2.75, 3.05) is 6.61 Å². The number of carbonyl (C=O) groups is 1. The van der Waals surface area contributed by atoms with Crippen molar-refractivity contribution in [3.8, 4) is 0 Å². The van der Waals surface area contributed by atoms with Crippen LogP contribution in [-0.2, 0) is 4.79 Å². The summed E-state index contributed by atoms with van der Waals surface area (Å²) in [7, 11) is 0. The van der Waals surface area contributed by atoms with E-state index in [0.29, 0.717) is 5.57 Å². The lowest BCUT2D eigenvalue weighted by Crippen LogP contribution is -2.02. The molecule has 0 amide bonds. The summed E-state index contributed by atoms with van der Waals surface area (Å²) in [6.45, 7) is 3.56. The Hall–Kier alpha value is -1.41. The van der Waals surface area contributed by atoms with Crippen molar-refractivity contribution >= 4 is 11.4 Å². The molecule has 0 aliphatic carbocycles. The summed E-state index contributed by atoms with van der Waals surface area (Å²) in [6.07, 6.45) is 0.147. The molecular weight excluding hydrogens is 164 g/mol. The minimum absolute atomic E-state index is 0.103. The summed E-state index contributed by atoms with van der Waals surface area (Å²) in [5.74, 6) is -0.103. The van der Waals surface area contributed by atoms with Crippen LogP contribution >= 0.6 is 0 Å². The summed E-state index contributed by atoms with van der Waals surface area (Å²) in [4.78, 5) is 11.3. The predicted molar refractivity (Wildman–Crippen MR) is 52.2 cm³/mol. The second-order valence-corrected chi connectivity index (χ2v) is 2.74. The minimum Gasteiger partial charge on any atom is -0.396 e. The van der Waals surface area contributed by atoms with E-state index in [1.54, 1.807) is 0 Å². The van der Waals surface area contributed by atoms with Gasteiger partial charge in [-0.15, -0.1) is 0 Å². The molecule has 0 fully saturated rings. The number of aliphatic hydroxyl groups excluding tert-OH is 1. The molecule has 0 atom stereocenters. The summed E-state index contributed by atoms with van der Waals surface area (Å²) in [5.41, 5.74) is 1.29. The summed E-state index contributed by atoms with van der Waals surface area (Å²) < 4.78 is 0. The first kappa shape index (κ1) is 9.68. The molecule has 0 saturated heterocycles. The van der Waals surface area contributed by atoms with E-state index in [2.05, 4.69) is 6.58 Å². The van der Waals surface area contributed by atoms with Gasteiger partial charge in [-0.25, -0.2) is 0 Å². The maximum absolute atomic E-state index is 11.3. The third-order valence-corrected chi connectivity index (χ3v) is 1.80. The van der Waals surface area contributed by atoms with Crippen LogP contribution < -0.4 is 0 Å². The molecule has 68 valence electrons. The molecule has 2 nitrogen and oxygen atoms in total. The van der Waals surface area contributed by atoms with Crippen molar-refractivity contribution in [3.05, 3.63) is 42.5 Å². The second kappa shape index (κ2) is 4.58. The molecule has 0 heterocycles. The lowest BCUT2D eigenvalue weighted by atomic mass is 10.0. The van der Waals surface area contributed by atoms with Gasteiger partial charge in [0, 0.05) is 12.0 Å². The van der Waals surface area contributed by atoms with Crippen LogP contribution in [0.5, 0.6) is 0 Å². The molecule has 2 heteroatoms. The average molecular weight is 176 g/mol. The zero-order valence-corrected chi connectivity index (χ0v) is 7.36. The molecule has 0 unspecified atom stereocenters. The number of benzene rings is 1. The first-order chi connectivity index (χ1) is 6.25. The van der Waals surface area contributed by atoms with Crippen LogP contribution in [-0.4, -0.2) is 17.5 Å².